The number of halogens is 2. The summed E-state index contributed by atoms with van der Waals surface area (Å²) in [5, 5.41) is 4.39. The van der Waals surface area contributed by atoms with E-state index in [0.29, 0.717) is 11.5 Å². The third-order valence-electron chi connectivity index (χ3n) is 3.26. The maximum absolute atomic E-state index is 6.21. The summed E-state index contributed by atoms with van der Waals surface area (Å²) in [5.74, 6) is 0. The van der Waals surface area contributed by atoms with E-state index in [1.165, 1.54) is 22.8 Å². The average molecular weight is 350 g/mol. The van der Waals surface area contributed by atoms with Crippen LogP contribution in [-0.2, 0) is 0 Å². The zero-order valence-corrected chi connectivity index (χ0v) is 12.6. The third kappa shape index (κ3) is 3.04. The summed E-state index contributed by atoms with van der Waals surface area (Å²) in [4.78, 5) is 0. The first-order chi connectivity index (χ1) is 7.46. The second kappa shape index (κ2) is 4.73. The first kappa shape index (κ1) is 12.5. The van der Waals surface area contributed by atoms with Crippen molar-refractivity contribution in [2.24, 2.45) is 5.41 Å². The Morgan fingerprint density at radius 3 is 2.75 bits per heavy atom. The molecule has 0 aliphatic heterocycles. The Hall–Kier alpha value is 0.0400. The highest BCUT2D eigenvalue weighted by Crippen LogP contribution is 2.39. The molecule has 1 saturated carbocycles. The number of nitrogens with one attached hydrogen (secondary N) is 1. The Morgan fingerprint density at radius 2 is 2.19 bits per heavy atom. The van der Waals surface area contributed by atoms with Gasteiger partial charge in [-0.3, -0.25) is 0 Å². The molecule has 3 heteroatoms. The highest BCUT2D eigenvalue weighted by atomic mass is 127. The van der Waals surface area contributed by atoms with E-state index in [4.69, 9.17) is 11.6 Å². The molecule has 1 aromatic rings. The molecule has 1 atom stereocenters. The monoisotopic (exact) mass is 349 g/mol. The van der Waals surface area contributed by atoms with Crippen LogP contribution < -0.4 is 5.32 Å². The van der Waals surface area contributed by atoms with E-state index in [-0.39, 0.29) is 0 Å². The van der Waals surface area contributed by atoms with Gasteiger partial charge in [0.15, 0.2) is 0 Å². The molecule has 0 aromatic heterocycles. The van der Waals surface area contributed by atoms with Crippen LogP contribution in [0, 0.1) is 8.99 Å². The zero-order chi connectivity index (χ0) is 11.8. The predicted octanol–water partition coefficient (Wildman–Crippen LogP) is 4.94. The topological polar surface area (TPSA) is 12.0 Å². The Labute approximate surface area is 116 Å². The van der Waals surface area contributed by atoms with Gasteiger partial charge in [0.25, 0.3) is 0 Å². The molecule has 1 nitrogen and oxygen atoms in total. The summed E-state index contributed by atoms with van der Waals surface area (Å²) in [5.41, 5.74) is 1.55. The minimum Gasteiger partial charge on any atom is -0.381 e. The molecule has 1 unspecified atom stereocenters. The van der Waals surface area contributed by atoms with Gasteiger partial charge in [0.05, 0.1) is 10.7 Å². The van der Waals surface area contributed by atoms with E-state index in [2.05, 4.69) is 53.9 Å². The first-order valence-electron chi connectivity index (χ1n) is 5.68. The lowest BCUT2D eigenvalue weighted by atomic mass is 9.92. The largest absolute Gasteiger partial charge is 0.381 e. The molecule has 1 aliphatic rings. The van der Waals surface area contributed by atoms with Crippen LogP contribution in [0.15, 0.2) is 18.2 Å². The molecule has 0 spiro atoms. The van der Waals surface area contributed by atoms with Gasteiger partial charge in [-0.1, -0.05) is 25.4 Å². The molecular weight excluding hydrogens is 333 g/mol. The van der Waals surface area contributed by atoms with Gasteiger partial charge in [-0.2, -0.15) is 0 Å². The SMILES string of the molecule is CC1(C)CCC(Nc2ccc(I)cc2Cl)C1. The van der Waals surface area contributed by atoms with Crippen LogP contribution in [0.1, 0.15) is 33.1 Å². The molecular formula is C13H17ClIN. The summed E-state index contributed by atoms with van der Waals surface area (Å²) in [6, 6.07) is 6.75. The van der Waals surface area contributed by atoms with E-state index in [0.717, 1.165) is 10.7 Å². The first-order valence-corrected chi connectivity index (χ1v) is 7.13. The van der Waals surface area contributed by atoms with Gasteiger partial charge in [-0.25, -0.2) is 0 Å². The Morgan fingerprint density at radius 1 is 1.44 bits per heavy atom. The summed E-state index contributed by atoms with van der Waals surface area (Å²) in [6.07, 6.45) is 3.78. The van der Waals surface area contributed by atoms with Crippen LogP contribution in [0.2, 0.25) is 5.02 Å². The fourth-order valence-electron chi connectivity index (χ4n) is 2.39. The summed E-state index contributed by atoms with van der Waals surface area (Å²) >= 11 is 8.49. The van der Waals surface area contributed by atoms with E-state index in [1.807, 2.05) is 6.07 Å². The Balaban J connectivity index is 2.05. The van der Waals surface area contributed by atoms with Crippen LogP contribution in [0.3, 0.4) is 0 Å². The van der Waals surface area contributed by atoms with Gasteiger partial charge >= 0.3 is 0 Å². The van der Waals surface area contributed by atoms with Crippen molar-refractivity contribution in [3.8, 4) is 0 Å². The highest BCUT2D eigenvalue weighted by Gasteiger charge is 2.30. The van der Waals surface area contributed by atoms with Crippen LogP contribution >= 0.6 is 34.2 Å². The molecule has 1 aromatic carbocycles. The van der Waals surface area contributed by atoms with Gasteiger partial charge in [-0.15, -0.1) is 0 Å². The van der Waals surface area contributed by atoms with E-state index >= 15 is 0 Å². The predicted molar refractivity (Wildman–Crippen MR) is 79.2 cm³/mol. The normalized spacial score (nSPS) is 23.4. The lowest BCUT2D eigenvalue weighted by molar-refractivity contribution is 0.378. The second-order valence-corrected chi connectivity index (χ2v) is 7.03. The lowest BCUT2D eigenvalue weighted by Gasteiger charge is -2.19. The molecule has 1 N–H and O–H groups in total. The second-order valence-electron chi connectivity index (χ2n) is 5.37. The molecule has 1 fully saturated rings. The quantitative estimate of drug-likeness (QED) is 0.746. The van der Waals surface area contributed by atoms with Gasteiger partial charge in [0, 0.05) is 9.61 Å². The molecule has 1 aliphatic carbocycles. The zero-order valence-electron chi connectivity index (χ0n) is 9.69. The van der Waals surface area contributed by atoms with Crippen molar-refractivity contribution in [1.82, 2.24) is 0 Å². The Kier molecular flexibility index (Phi) is 3.69. The van der Waals surface area contributed by atoms with Crippen molar-refractivity contribution >= 4 is 39.9 Å². The minimum absolute atomic E-state index is 0.480. The van der Waals surface area contributed by atoms with Crippen molar-refractivity contribution in [3.63, 3.8) is 0 Å². The lowest BCUT2D eigenvalue weighted by Crippen LogP contribution is -2.17. The molecule has 0 bridgehead atoms. The summed E-state index contributed by atoms with van der Waals surface area (Å²) < 4.78 is 1.18. The number of hydrogen-bond acceptors (Lipinski definition) is 1. The van der Waals surface area contributed by atoms with Crippen molar-refractivity contribution in [3.05, 3.63) is 26.8 Å². The van der Waals surface area contributed by atoms with Crippen molar-refractivity contribution in [2.45, 2.75) is 39.2 Å². The molecule has 0 saturated heterocycles. The van der Waals surface area contributed by atoms with Crippen LogP contribution in [-0.4, -0.2) is 6.04 Å². The molecule has 88 valence electrons. The van der Waals surface area contributed by atoms with Gasteiger partial charge in [0.1, 0.15) is 0 Å². The van der Waals surface area contributed by atoms with Crippen molar-refractivity contribution in [2.75, 3.05) is 5.32 Å². The van der Waals surface area contributed by atoms with E-state index in [1.54, 1.807) is 0 Å². The van der Waals surface area contributed by atoms with Crippen LogP contribution in [0.25, 0.3) is 0 Å². The number of hydrogen-bond donors (Lipinski definition) is 1. The third-order valence-corrected chi connectivity index (χ3v) is 4.24. The van der Waals surface area contributed by atoms with Gasteiger partial charge in [0.2, 0.25) is 0 Å². The number of anilines is 1. The van der Waals surface area contributed by atoms with Gasteiger partial charge < -0.3 is 5.32 Å². The fourth-order valence-corrected chi connectivity index (χ4v) is 3.30. The molecule has 0 heterocycles. The number of rotatable bonds is 2. The van der Waals surface area contributed by atoms with Gasteiger partial charge in [-0.05, 0) is 65.5 Å². The average Bonchev–Trinajstić information content (AvgIpc) is 2.51. The molecule has 16 heavy (non-hydrogen) atoms. The van der Waals surface area contributed by atoms with E-state index in [9.17, 15) is 0 Å². The summed E-state index contributed by atoms with van der Waals surface area (Å²) in [6.45, 7) is 4.68. The smallest absolute Gasteiger partial charge is 0.0648 e. The van der Waals surface area contributed by atoms with Crippen molar-refractivity contribution < 1.29 is 0 Å². The molecule has 0 radical (unpaired) electrons. The number of benzene rings is 1. The Bertz CT molecular complexity index is 390. The van der Waals surface area contributed by atoms with Crippen LogP contribution in [0.4, 0.5) is 5.69 Å². The maximum atomic E-state index is 6.21. The van der Waals surface area contributed by atoms with Crippen LogP contribution in [0.5, 0.6) is 0 Å². The maximum Gasteiger partial charge on any atom is 0.0648 e. The standard InChI is InChI=1S/C13H17ClIN/c1-13(2)6-5-10(8-13)16-12-4-3-9(15)7-11(12)14/h3-4,7,10,16H,5-6,8H2,1-2H3. The minimum atomic E-state index is 0.480. The molecule has 0 amide bonds. The summed E-state index contributed by atoms with van der Waals surface area (Å²) in [7, 11) is 0. The van der Waals surface area contributed by atoms with E-state index < -0.39 is 0 Å². The fraction of sp³-hybridized carbons (Fsp3) is 0.538. The van der Waals surface area contributed by atoms with Crippen molar-refractivity contribution in [1.29, 1.82) is 0 Å². The molecule has 2 rings (SSSR count). The highest BCUT2D eigenvalue weighted by molar-refractivity contribution is 14.1.